The normalized spacial score (nSPS) is 12.3. The molecule has 0 aliphatic carbocycles. The molecule has 7 heteroatoms. The van der Waals surface area contributed by atoms with Crippen molar-refractivity contribution < 1.29 is 0 Å². The van der Waals surface area contributed by atoms with Crippen LogP contribution in [-0.4, -0.2) is 23.1 Å². The van der Waals surface area contributed by atoms with Crippen molar-refractivity contribution in [1.29, 1.82) is 0 Å². The van der Waals surface area contributed by atoms with Gasteiger partial charge in [-0.3, -0.25) is 18.3 Å². The predicted octanol–water partition coefficient (Wildman–Crippen LogP) is 1.77. The standard InChI is InChI=1S/C17H25N5O2/c1-10(2)7-20-12(5)9-21-13-14(18-16(20)21)19(6)17(24)22(15(13)23)8-11(3)4/h9-11H,7-8H2,1-6H3. The van der Waals surface area contributed by atoms with Crippen LogP contribution in [0.4, 0.5) is 0 Å². The maximum atomic E-state index is 12.9. The fourth-order valence-corrected chi connectivity index (χ4v) is 3.17. The summed E-state index contributed by atoms with van der Waals surface area (Å²) in [6.45, 7) is 11.5. The molecule has 24 heavy (non-hydrogen) atoms. The molecule has 130 valence electrons. The number of rotatable bonds is 4. The van der Waals surface area contributed by atoms with Crippen LogP contribution < -0.4 is 11.2 Å². The molecule has 7 nitrogen and oxygen atoms in total. The molecule has 0 N–H and O–H groups in total. The van der Waals surface area contributed by atoms with E-state index < -0.39 is 0 Å². The van der Waals surface area contributed by atoms with E-state index in [0.29, 0.717) is 29.4 Å². The molecular formula is C17H25N5O2. The quantitative estimate of drug-likeness (QED) is 0.732. The highest BCUT2D eigenvalue weighted by Crippen LogP contribution is 2.17. The number of aromatic nitrogens is 5. The van der Waals surface area contributed by atoms with Gasteiger partial charge in [-0.25, -0.2) is 4.79 Å². The molecule has 0 radical (unpaired) electrons. The van der Waals surface area contributed by atoms with Crippen LogP contribution in [0.15, 0.2) is 15.8 Å². The van der Waals surface area contributed by atoms with Crippen LogP contribution in [-0.2, 0) is 20.1 Å². The van der Waals surface area contributed by atoms with Crippen LogP contribution in [0.2, 0.25) is 0 Å². The molecule has 0 spiro atoms. The lowest BCUT2D eigenvalue weighted by atomic mass is 10.2. The molecule has 0 aliphatic rings. The van der Waals surface area contributed by atoms with E-state index in [1.54, 1.807) is 7.05 Å². The van der Waals surface area contributed by atoms with Crippen LogP contribution in [0.3, 0.4) is 0 Å². The van der Waals surface area contributed by atoms with Gasteiger partial charge in [0.2, 0.25) is 5.78 Å². The molecular weight excluding hydrogens is 306 g/mol. The van der Waals surface area contributed by atoms with Crippen molar-refractivity contribution in [2.45, 2.75) is 47.7 Å². The van der Waals surface area contributed by atoms with E-state index in [9.17, 15) is 9.59 Å². The summed E-state index contributed by atoms with van der Waals surface area (Å²) < 4.78 is 6.71. The minimum absolute atomic E-state index is 0.212. The minimum atomic E-state index is -0.311. The molecule has 0 aromatic carbocycles. The first-order valence-electron chi connectivity index (χ1n) is 8.40. The van der Waals surface area contributed by atoms with Gasteiger partial charge < -0.3 is 4.57 Å². The van der Waals surface area contributed by atoms with Gasteiger partial charge in [-0.1, -0.05) is 27.7 Å². The first kappa shape index (κ1) is 16.5. The van der Waals surface area contributed by atoms with Gasteiger partial charge in [0.1, 0.15) is 0 Å². The van der Waals surface area contributed by atoms with E-state index in [-0.39, 0.29) is 17.2 Å². The van der Waals surface area contributed by atoms with Gasteiger partial charge in [-0.05, 0) is 18.8 Å². The zero-order chi connectivity index (χ0) is 17.8. The molecule has 0 atom stereocenters. The lowest BCUT2D eigenvalue weighted by Gasteiger charge is -2.10. The number of nitrogens with zero attached hydrogens (tertiary/aromatic N) is 5. The molecule has 0 fully saturated rings. The second-order valence-electron chi connectivity index (χ2n) is 7.38. The topological polar surface area (TPSA) is 66.2 Å². The third-order valence-corrected chi connectivity index (χ3v) is 4.24. The fourth-order valence-electron chi connectivity index (χ4n) is 3.17. The van der Waals surface area contributed by atoms with E-state index in [1.807, 2.05) is 31.4 Å². The van der Waals surface area contributed by atoms with Crippen LogP contribution >= 0.6 is 0 Å². The summed E-state index contributed by atoms with van der Waals surface area (Å²) in [6, 6.07) is 0. The monoisotopic (exact) mass is 331 g/mol. The van der Waals surface area contributed by atoms with E-state index in [0.717, 1.165) is 12.2 Å². The van der Waals surface area contributed by atoms with Crippen LogP contribution in [0.1, 0.15) is 33.4 Å². The minimum Gasteiger partial charge on any atom is -0.314 e. The molecule has 0 aliphatic heterocycles. The number of hydrogen-bond acceptors (Lipinski definition) is 3. The Bertz CT molecular complexity index is 1030. The van der Waals surface area contributed by atoms with E-state index >= 15 is 0 Å². The smallest absolute Gasteiger partial charge is 0.314 e. The van der Waals surface area contributed by atoms with Crippen molar-refractivity contribution in [3.05, 3.63) is 32.7 Å². The molecule has 3 aromatic heterocycles. The van der Waals surface area contributed by atoms with E-state index in [1.165, 1.54) is 9.13 Å². The van der Waals surface area contributed by atoms with Crippen molar-refractivity contribution in [2.24, 2.45) is 18.9 Å². The van der Waals surface area contributed by atoms with E-state index in [4.69, 9.17) is 0 Å². The molecule has 0 saturated carbocycles. The van der Waals surface area contributed by atoms with E-state index in [2.05, 4.69) is 23.4 Å². The van der Waals surface area contributed by atoms with Crippen molar-refractivity contribution in [2.75, 3.05) is 0 Å². The first-order valence-corrected chi connectivity index (χ1v) is 8.40. The fraction of sp³-hybridized carbons (Fsp3) is 0.588. The Kier molecular flexibility index (Phi) is 3.89. The van der Waals surface area contributed by atoms with Gasteiger partial charge >= 0.3 is 5.69 Å². The van der Waals surface area contributed by atoms with Crippen LogP contribution in [0, 0.1) is 18.8 Å². The molecule has 0 unspecified atom stereocenters. The highest BCUT2D eigenvalue weighted by Gasteiger charge is 2.20. The number of fused-ring (bicyclic) bond motifs is 3. The number of aryl methyl sites for hydroxylation is 2. The molecule has 0 saturated heterocycles. The Morgan fingerprint density at radius 3 is 2.21 bits per heavy atom. The summed E-state index contributed by atoms with van der Waals surface area (Å²) in [5.41, 5.74) is 1.39. The van der Waals surface area contributed by atoms with Gasteiger partial charge in [0.25, 0.3) is 5.56 Å². The van der Waals surface area contributed by atoms with Crippen molar-refractivity contribution in [3.63, 3.8) is 0 Å². The van der Waals surface area contributed by atoms with Gasteiger partial charge in [0.05, 0.1) is 0 Å². The second-order valence-corrected chi connectivity index (χ2v) is 7.38. The molecule has 0 amide bonds. The first-order chi connectivity index (χ1) is 11.2. The zero-order valence-corrected chi connectivity index (χ0v) is 15.2. The SMILES string of the molecule is Cc1cn2c3c(=O)n(CC(C)C)c(=O)n(C)c3nc2n1CC(C)C. The predicted molar refractivity (Wildman–Crippen MR) is 94.6 cm³/mol. The molecule has 3 heterocycles. The third kappa shape index (κ3) is 2.39. The van der Waals surface area contributed by atoms with Crippen molar-refractivity contribution in [1.82, 2.24) is 23.1 Å². The Morgan fingerprint density at radius 1 is 1.04 bits per heavy atom. The van der Waals surface area contributed by atoms with Gasteiger partial charge in [0, 0.05) is 32.0 Å². The average molecular weight is 331 g/mol. The Hall–Kier alpha value is -2.31. The number of hydrogen-bond donors (Lipinski definition) is 0. The summed E-state index contributed by atoms with van der Waals surface area (Å²) in [5, 5.41) is 0. The average Bonchev–Trinajstić information content (AvgIpc) is 2.98. The number of imidazole rings is 2. The van der Waals surface area contributed by atoms with Crippen LogP contribution in [0.5, 0.6) is 0 Å². The van der Waals surface area contributed by atoms with Crippen molar-refractivity contribution in [3.8, 4) is 0 Å². The van der Waals surface area contributed by atoms with Gasteiger partial charge in [0.15, 0.2) is 11.2 Å². The summed E-state index contributed by atoms with van der Waals surface area (Å²) in [4.78, 5) is 30.1. The molecule has 3 aromatic rings. The largest absolute Gasteiger partial charge is 0.332 e. The lowest BCUT2D eigenvalue weighted by Crippen LogP contribution is -2.40. The maximum Gasteiger partial charge on any atom is 0.332 e. The maximum absolute atomic E-state index is 12.9. The summed E-state index contributed by atoms with van der Waals surface area (Å²) >= 11 is 0. The van der Waals surface area contributed by atoms with Crippen LogP contribution in [0.25, 0.3) is 16.9 Å². The zero-order valence-electron chi connectivity index (χ0n) is 15.2. The lowest BCUT2D eigenvalue weighted by molar-refractivity contribution is 0.484. The summed E-state index contributed by atoms with van der Waals surface area (Å²) in [6.07, 6.45) is 1.93. The second kappa shape index (κ2) is 5.65. The Morgan fingerprint density at radius 2 is 1.62 bits per heavy atom. The molecule has 0 bridgehead atoms. The summed E-state index contributed by atoms with van der Waals surface area (Å²) in [7, 11) is 1.67. The molecule has 3 rings (SSSR count). The van der Waals surface area contributed by atoms with Gasteiger partial charge in [-0.2, -0.15) is 4.98 Å². The van der Waals surface area contributed by atoms with Crippen molar-refractivity contribution >= 4 is 16.9 Å². The third-order valence-electron chi connectivity index (χ3n) is 4.24. The Balaban J connectivity index is 2.42. The van der Waals surface area contributed by atoms with Gasteiger partial charge in [-0.15, -0.1) is 0 Å². The highest BCUT2D eigenvalue weighted by atomic mass is 16.2. The summed E-state index contributed by atoms with van der Waals surface area (Å²) in [5.74, 6) is 1.38. The highest BCUT2D eigenvalue weighted by molar-refractivity contribution is 5.75. The Labute approximate surface area is 140 Å².